The maximum Gasteiger partial charge on any atom is 0.205 e. The van der Waals surface area contributed by atoms with Crippen molar-refractivity contribution >= 4 is 45.3 Å². The van der Waals surface area contributed by atoms with E-state index in [0.29, 0.717) is 47.0 Å². The second-order valence-corrected chi connectivity index (χ2v) is 25.8. The fourth-order valence-electron chi connectivity index (χ4n) is 6.53. The number of aromatic nitrogens is 2. The van der Waals surface area contributed by atoms with Gasteiger partial charge in [-0.3, -0.25) is 24.1 Å². The summed E-state index contributed by atoms with van der Waals surface area (Å²) >= 11 is 0. The summed E-state index contributed by atoms with van der Waals surface area (Å²) in [7, 11) is -2.63. The van der Waals surface area contributed by atoms with Gasteiger partial charge in [-0.15, -0.1) is 0 Å². The van der Waals surface area contributed by atoms with E-state index in [2.05, 4.69) is 79.3 Å². The van der Waals surface area contributed by atoms with Crippen LogP contribution >= 0.6 is 0 Å². The van der Waals surface area contributed by atoms with Gasteiger partial charge in [-0.05, 0) is 110 Å². The lowest BCUT2D eigenvalue weighted by Gasteiger charge is -2.27. The number of pyridine rings is 2. The minimum Gasteiger partial charge on any atom is -0.485 e. The minimum atomic E-state index is -1.31. The van der Waals surface area contributed by atoms with Crippen molar-refractivity contribution < 1.29 is 14.3 Å². The summed E-state index contributed by atoms with van der Waals surface area (Å²) in [4.78, 5) is 31.9. The Labute approximate surface area is 371 Å². The Kier molecular flexibility index (Phi) is 14.5. The molecule has 0 saturated carbocycles. The molecule has 4 heterocycles. The lowest BCUT2D eigenvalue weighted by molar-refractivity contribution is 0.0850. The third-order valence-electron chi connectivity index (χ3n) is 9.54. The van der Waals surface area contributed by atoms with Crippen molar-refractivity contribution in [2.45, 2.75) is 64.3 Å². The number of nitrogens with zero attached hydrogens (tertiary/aromatic N) is 8. The Bertz CT molecular complexity index is 2810. The molecule has 0 N–H and O–H groups in total. The third kappa shape index (κ3) is 12.5. The fourth-order valence-corrected chi connectivity index (χ4v) is 7.33. The normalized spacial score (nSPS) is 15.5. The summed E-state index contributed by atoms with van der Waals surface area (Å²) in [6, 6.07) is 36.6. The Morgan fingerprint density at radius 1 is 0.635 bits per heavy atom. The lowest BCUT2D eigenvalue weighted by atomic mass is 9.93. The van der Waals surface area contributed by atoms with Crippen molar-refractivity contribution in [3.05, 3.63) is 179 Å². The molecule has 0 bridgehead atoms. The molecule has 0 saturated heterocycles. The van der Waals surface area contributed by atoms with E-state index in [9.17, 15) is 4.79 Å². The Balaban J connectivity index is 0.000000171. The van der Waals surface area contributed by atoms with Crippen LogP contribution in [-0.4, -0.2) is 43.9 Å². The number of benzene rings is 4. The van der Waals surface area contributed by atoms with Crippen LogP contribution in [0.5, 0.6) is 11.5 Å². The predicted molar refractivity (Wildman–Crippen MR) is 254 cm³/mol. The molecule has 2 aliphatic rings. The molecular weight excluding hydrogens is 817 g/mol. The van der Waals surface area contributed by atoms with Crippen LogP contribution < -0.4 is 9.47 Å². The van der Waals surface area contributed by atoms with Crippen LogP contribution in [-0.2, 0) is 0 Å². The van der Waals surface area contributed by atoms with Gasteiger partial charge in [0.25, 0.3) is 0 Å². The monoisotopic (exact) mass is 862 g/mol. The van der Waals surface area contributed by atoms with Gasteiger partial charge in [0.1, 0.15) is 23.7 Å². The molecule has 0 spiro atoms. The molecule has 2 unspecified atom stereocenters. The SMILES string of the molecule is C[Si](C)(C)N=C=N[Si](C)(C)C.[C-]#[N+]c1cccc(-c2ccc3c(c2)C(=NC#N)CC(c2cccnc2)O3)c1.[C-]#[N+]c1cccc(-c2ccc3c(c2)C(=O)CC(c2cccnc2)O3)c1. The summed E-state index contributed by atoms with van der Waals surface area (Å²) < 4.78 is 20.8. The number of aliphatic imine (C=N–C) groups is 1. The van der Waals surface area contributed by atoms with E-state index in [-0.39, 0.29) is 18.0 Å². The summed E-state index contributed by atoms with van der Waals surface area (Å²) in [6.45, 7) is 27.4. The van der Waals surface area contributed by atoms with Gasteiger partial charge in [-0.2, -0.15) is 10.3 Å². The molecule has 13 heteroatoms. The van der Waals surface area contributed by atoms with Crippen LogP contribution in [0.3, 0.4) is 0 Å². The van der Waals surface area contributed by atoms with Crippen molar-refractivity contribution in [3.8, 4) is 39.9 Å². The number of ether oxygens (including phenoxy) is 2. The molecule has 2 aromatic heterocycles. The van der Waals surface area contributed by atoms with Crippen LogP contribution in [0, 0.1) is 24.6 Å². The topological polar surface area (TPSA) is 131 Å². The van der Waals surface area contributed by atoms with Crippen molar-refractivity contribution in [1.82, 2.24) is 9.97 Å². The molecule has 8 rings (SSSR count). The molecule has 2 atom stereocenters. The van der Waals surface area contributed by atoms with Gasteiger partial charge in [0.2, 0.25) is 6.19 Å². The van der Waals surface area contributed by atoms with Gasteiger partial charge in [-0.25, -0.2) is 9.69 Å². The number of rotatable bonds is 6. The van der Waals surface area contributed by atoms with Gasteiger partial charge in [-0.1, -0.05) is 60.7 Å². The molecule has 0 amide bonds. The summed E-state index contributed by atoms with van der Waals surface area (Å²) in [5, 5.41) is 9.13. The van der Waals surface area contributed by atoms with E-state index in [1.54, 1.807) is 36.9 Å². The number of hydrogen-bond donors (Lipinski definition) is 0. The van der Waals surface area contributed by atoms with Crippen LogP contribution in [0.15, 0.2) is 148 Å². The van der Waals surface area contributed by atoms with Crippen molar-refractivity contribution in [3.63, 3.8) is 0 Å². The van der Waals surface area contributed by atoms with Crippen molar-refractivity contribution in [1.29, 1.82) is 5.26 Å². The van der Waals surface area contributed by atoms with E-state index in [4.69, 9.17) is 27.9 Å². The Hall–Kier alpha value is -7.60. The third-order valence-corrected chi connectivity index (χ3v) is 11.1. The van der Waals surface area contributed by atoms with Crippen LogP contribution in [0.1, 0.15) is 52.1 Å². The van der Waals surface area contributed by atoms with E-state index in [1.807, 2.05) is 103 Å². The molecule has 0 fully saturated rings. The van der Waals surface area contributed by atoms with Gasteiger partial charge in [0.15, 0.2) is 33.6 Å². The number of ketones is 1. The first-order valence-electron chi connectivity index (χ1n) is 20.3. The van der Waals surface area contributed by atoms with Gasteiger partial charge < -0.3 is 9.47 Å². The summed E-state index contributed by atoms with van der Waals surface area (Å²) in [6.07, 6.45) is 9.08. The number of fused-ring (bicyclic) bond motifs is 2. The molecule has 0 radical (unpaired) electrons. The zero-order valence-electron chi connectivity index (χ0n) is 36.1. The highest BCUT2D eigenvalue weighted by atomic mass is 28.3. The molecule has 0 aliphatic carbocycles. The molecule has 4 aromatic carbocycles. The van der Waals surface area contributed by atoms with Crippen LogP contribution in [0.2, 0.25) is 39.3 Å². The Morgan fingerprint density at radius 2 is 1.11 bits per heavy atom. The predicted octanol–water partition coefficient (Wildman–Crippen LogP) is 12.9. The van der Waals surface area contributed by atoms with E-state index in [0.717, 1.165) is 38.9 Å². The van der Waals surface area contributed by atoms with Gasteiger partial charge in [0, 0.05) is 47.9 Å². The highest BCUT2D eigenvalue weighted by Gasteiger charge is 2.29. The molecule has 2 aliphatic heterocycles. The molecular formula is C50H46N8O3Si2. The standard InChI is InChI=1S/C22H14N4O.C21H14N2O2.C7H18N2Si2/c1-24-18-6-2-4-15(10-18)16-7-8-21-19(11-16)20(26-14-23)12-22(27-21)17-5-3-9-25-13-17;1-22-17-6-2-4-14(10-17)15-7-8-20-18(11-15)19(24)12-21(25-20)16-5-3-9-23-13-16;1-10(2,3)8-7-9-11(4,5)6/h2-11,13,22H,12H2;2-11,13,21H,12H2;1-6H3. The zero-order chi connectivity index (χ0) is 45.0. The quantitative estimate of drug-likeness (QED) is 0.0709. The molecule has 312 valence electrons. The first-order chi connectivity index (χ1) is 30.2. The van der Waals surface area contributed by atoms with E-state index in [1.165, 1.54) is 0 Å². The molecule has 63 heavy (non-hydrogen) atoms. The summed E-state index contributed by atoms with van der Waals surface area (Å²) in [5.74, 6) is 1.34. The lowest BCUT2D eigenvalue weighted by Crippen LogP contribution is -2.21. The maximum atomic E-state index is 12.6. The Morgan fingerprint density at radius 3 is 1.57 bits per heavy atom. The minimum absolute atomic E-state index is 0.0540. The second-order valence-electron chi connectivity index (χ2n) is 16.7. The van der Waals surface area contributed by atoms with Crippen molar-refractivity contribution in [2.75, 3.05) is 0 Å². The largest absolute Gasteiger partial charge is 0.485 e. The zero-order valence-corrected chi connectivity index (χ0v) is 38.1. The second kappa shape index (κ2) is 20.3. The number of nitriles is 1. The number of carbonyl (C=O) groups excluding carboxylic acids is 1. The average Bonchev–Trinajstić information content (AvgIpc) is 3.29. The highest BCUT2D eigenvalue weighted by molar-refractivity contribution is 6.76. The maximum absolute atomic E-state index is 12.6. The van der Waals surface area contributed by atoms with Gasteiger partial charge in [0.05, 0.1) is 36.8 Å². The summed E-state index contributed by atoms with van der Waals surface area (Å²) in [5.41, 5.74) is 8.81. The van der Waals surface area contributed by atoms with E-state index < -0.39 is 16.5 Å². The number of Topliss-reactive ketones (excluding diaryl/α,β-unsaturated/α-hetero) is 1. The first-order valence-corrected chi connectivity index (χ1v) is 27.2. The highest BCUT2D eigenvalue weighted by Crippen LogP contribution is 2.39. The smallest absolute Gasteiger partial charge is 0.205 e. The molecule has 6 aromatic rings. The van der Waals surface area contributed by atoms with Crippen LogP contribution in [0.25, 0.3) is 31.9 Å². The van der Waals surface area contributed by atoms with Crippen molar-refractivity contribution in [2.24, 2.45) is 14.3 Å². The number of hydrogen-bond acceptors (Lipinski definition) is 9. The van der Waals surface area contributed by atoms with Crippen LogP contribution in [0.4, 0.5) is 11.4 Å². The fraction of sp³-hybridized carbons (Fsp3) is 0.200. The van der Waals surface area contributed by atoms with Gasteiger partial charge >= 0.3 is 0 Å². The average molecular weight is 863 g/mol. The van der Waals surface area contributed by atoms with E-state index >= 15 is 0 Å². The molecule has 11 nitrogen and oxygen atoms in total. The first kappa shape index (κ1) is 44.9. The number of carbonyl (C=O) groups is 1.